The van der Waals surface area contributed by atoms with Crippen LogP contribution in [0.3, 0.4) is 0 Å². The Hall–Kier alpha value is -2.04. The van der Waals surface area contributed by atoms with E-state index in [9.17, 15) is 4.79 Å². The van der Waals surface area contributed by atoms with Gasteiger partial charge in [0.1, 0.15) is 11.8 Å². The number of hydrogen-bond donors (Lipinski definition) is 2. The molecule has 0 aromatic heterocycles. The number of hydrogen-bond acceptors (Lipinski definition) is 4. The molecule has 0 aliphatic heterocycles. The molecule has 0 bridgehead atoms. The third kappa shape index (κ3) is 5.27. The van der Waals surface area contributed by atoms with Crippen molar-refractivity contribution in [2.24, 2.45) is 11.0 Å². The highest BCUT2D eigenvalue weighted by atomic mass is 16.5. The lowest BCUT2D eigenvalue weighted by atomic mass is 9.89. The summed E-state index contributed by atoms with van der Waals surface area (Å²) < 4.78 is 5.40. The molecule has 1 fully saturated rings. The highest BCUT2D eigenvalue weighted by Gasteiger charge is 2.17. The minimum absolute atomic E-state index is 0.121. The Bertz CT molecular complexity index is 540. The molecule has 0 heterocycles. The molecule has 0 radical (unpaired) electrons. The summed E-state index contributed by atoms with van der Waals surface area (Å²) in [6, 6.07) is 7.24. The van der Waals surface area contributed by atoms with Crippen molar-refractivity contribution in [3.05, 3.63) is 24.3 Å². The first-order chi connectivity index (χ1) is 11.1. The van der Waals surface area contributed by atoms with Crippen molar-refractivity contribution in [3.63, 3.8) is 0 Å². The fourth-order valence-corrected chi connectivity index (χ4v) is 2.69. The SMILES string of the molecule is CCOc1ccc(N[C@@H](C)C(=O)N/N=C2\CCCC[C@@H]2C)cc1. The topological polar surface area (TPSA) is 62.7 Å². The van der Waals surface area contributed by atoms with Crippen LogP contribution >= 0.6 is 0 Å². The van der Waals surface area contributed by atoms with Crippen molar-refractivity contribution in [2.45, 2.75) is 52.5 Å². The van der Waals surface area contributed by atoms with Gasteiger partial charge in [0.25, 0.3) is 5.91 Å². The number of anilines is 1. The number of carbonyl (C=O) groups excluding carboxylic acids is 1. The van der Waals surface area contributed by atoms with Gasteiger partial charge in [-0.15, -0.1) is 0 Å². The summed E-state index contributed by atoms with van der Waals surface area (Å²) in [7, 11) is 0. The molecule has 1 aromatic rings. The van der Waals surface area contributed by atoms with Gasteiger partial charge in [-0.25, -0.2) is 5.43 Å². The number of amides is 1. The second-order valence-electron chi connectivity index (χ2n) is 6.05. The number of nitrogens with zero attached hydrogens (tertiary/aromatic N) is 1. The average Bonchev–Trinajstić information content (AvgIpc) is 2.56. The first-order valence-electron chi connectivity index (χ1n) is 8.46. The maximum Gasteiger partial charge on any atom is 0.262 e. The minimum atomic E-state index is -0.351. The van der Waals surface area contributed by atoms with Gasteiger partial charge >= 0.3 is 0 Å². The fraction of sp³-hybridized carbons (Fsp3) is 0.556. The molecule has 5 heteroatoms. The standard InChI is InChI=1S/C18H27N3O2/c1-4-23-16-11-9-15(10-12-16)19-14(3)18(22)21-20-17-8-6-5-7-13(17)2/h9-14,19H,4-8H2,1-3H3,(H,21,22)/b20-17+/t13-,14-/m0/s1. The van der Waals surface area contributed by atoms with Gasteiger partial charge in [-0.05, 0) is 63.3 Å². The second-order valence-corrected chi connectivity index (χ2v) is 6.05. The minimum Gasteiger partial charge on any atom is -0.494 e. The largest absolute Gasteiger partial charge is 0.494 e. The molecule has 2 atom stereocenters. The molecule has 2 rings (SSSR count). The van der Waals surface area contributed by atoms with E-state index in [2.05, 4.69) is 22.8 Å². The highest BCUT2D eigenvalue weighted by Crippen LogP contribution is 2.20. The molecule has 1 aliphatic carbocycles. The van der Waals surface area contributed by atoms with Crippen LogP contribution in [0, 0.1) is 5.92 Å². The summed E-state index contributed by atoms with van der Waals surface area (Å²) in [6.45, 7) is 6.60. The molecular formula is C18H27N3O2. The van der Waals surface area contributed by atoms with Crippen LogP contribution in [0.5, 0.6) is 5.75 Å². The summed E-state index contributed by atoms with van der Waals surface area (Å²) >= 11 is 0. The van der Waals surface area contributed by atoms with Gasteiger partial charge in [-0.1, -0.05) is 13.3 Å². The number of nitrogens with one attached hydrogen (secondary N) is 2. The molecule has 1 aliphatic rings. The predicted octanol–water partition coefficient (Wildman–Crippen LogP) is 3.57. The van der Waals surface area contributed by atoms with E-state index in [1.165, 1.54) is 12.8 Å². The van der Waals surface area contributed by atoms with Crippen molar-refractivity contribution < 1.29 is 9.53 Å². The van der Waals surface area contributed by atoms with Crippen LogP contribution in [0.25, 0.3) is 0 Å². The smallest absolute Gasteiger partial charge is 0.262 e. The first kappa shape index (κ1) is 17.3. The summed E-state index contributed by atoms with van der Waals surface area (Å²) in [4.78, 5) is 12.2. The van der Waals surface area contributed by atoms with E-state index in [4.69, 9.17) is 4.74 Å². The molecular weight excluding hydrogens is 290 g/mol. The van der Waals surface area contributed by atoms with Gasteiger partial charge in [0.15, 0.2) is 0 Å². The second kappa shape index (κ2) is 8.56. The van der Waals surface area contributed by atoms with Crippen LogP contribution in [-0.2, 0) is 4.79 Å². The lowest BCUT2D eigenvalue weighted by Crippen LogP contribution is -2.36. The molecule has 5 nitrogen and oxygen atoms in total. The van der Waals surface area contributed by atoms with Crippen molar-refractivity contribution in [2.75, 3.05) is 11.9 Å². The molecule has 1 amide bonds. The van der Waals surface area contributed by atoms with Gasteiger partial charge < -0.3 is 10.1 Å². The van der Waals surface area contributed by atoms with E-state index < -0.39 is 0 Å². The maximum absolute atomic E-state index is 12.2. The Morgan fingerprint density at radius 3 is 2.74 bits per heavy atom. The number of ether oxygens (including phenoxy) is 1. The maximum atomic E-state index is 12.2. The normalized spacial score (nSPS) is 20.8. The van der Waals surface area contributed by atoms with Crippen molar-refractivity contribution in [1.82, 2.24) is 5.43 Å². The Balaban J connectivity index is 1.85. The fourth-order valence-electron chi connectivity index (χ4n) is 2.69. The van der Waals surface area contributed by atoms with Gasteiger partial charge in [-0.2, -0.15) is 5.10 Å². The molecule has 0 spiro atoms. The first-order valence-corrected chi connectivity index (χ1v) is 8.46. The third-order valence-corrected chi connectivity index (χ3v) is 4.14. The summed E-state index contributed by atoms with van der Waals surface area (Å²) in [5.41, 5.74) is 4.69. The molecule has 126 valence electrons. The predicted molar refractivity (Wildman–Crippen MR) is 93.9 cm³/mol. The van der Waals surface area contributed by atoms with Crippen LogP contribution in [-0.4, -0.2) is 24.3 Å². The number of carbonyl (C=O) groups is 1. The Morgan fingerprint density at radius 2 is 2.09 bits per heavy atom. The summed E-state index contributed by atoms with van der Waals surface area (Å²) in [6.07, 6.45) is 4.57. The van der Waals surface area contributed by atoms with E-state index in [0.717, 1.165) is 30.0 Å². The van der Waals surface area contributed by atoms with Crippen LogP contribution < -0.4 is 15.5 Å². The van der Waals surface area contributed by atoms with Gasteiger partial charge in [0.2, 0.25) is 0 Å². The van der Waals surface area contributed by atoms with Crippen LogP contribution in [0.1, 0.15) is 46.5 Å². The summed E-state index contributed by atoms with van der Waals surface area (Å²) in [5, 5.41) is 7.50. The third-order valence-electron chi connectivity index (χ3n) is 4.14. The van der Waals surface area contributed by atoms with E-state index in [1.807, 2.05) is 38.1 Å². The zero-order valence-corrected chi connectivity index (χ0v) is 14.3. The molecule has 0 unspecified atom stereocenters. The lowest BCUT2D eigenvalue weighted by molar-refractivity contribution is -0.121. The van der Waals surface area contributed by atoms with Gasteiger partial charge in [-0.3, -0.25) is 4.79 Å². The van der Waals surface area contributed by atoms with E-state index in [1.54, 1.807) is 0 Å². The zero-order valence-electron chi connectivity index (χ0n) is 14.3. The van der Waals surface area contributed by atoms with Crippen molar-refractivity contribution in [1.29, 1.82) is 0 Å². The molecule has 23 heavy (non-hydrogen) atoms. The Morgan fingerprint density at radius 1 is 1.35 bits per heavy atom. The van der Waals surface area contributed by atoms with Gasteiger partial charge in [0.05, 0.1) is 6.61 Å². The van der Waals surface area contributed by atoms with E-state index in [-0.39, 0.29) is 11.9 Å². The number of rotatable bonds is 6. The lowest BCUT2D eigenvalue weighted by Gasteiger charge is -2.20. The summed E-state index contributed by atoms with van der Waals surface area (Å²) in [5.74, 6) is 1.18. The monoisotopic (exact) mass is 317 g/mol. The molecule has 0 saturated heterocycles. The van der Waals surface area contributed by atoms with E-state index >= 15 is 0 Å². The quantitative estimate of drug-likeness (QED) is 0.788. The number of benzene rings is 1. The van der Waals surface area contributed by atoms with Crippen LogP contribution in [0.15, 0.2) is 29.4 Å². The Kier molecular flexibility index (Phi) is 6.44. The van der Waals surface area contributed by atoms with Crippen molar-refractivity contribution in [3.8, 4) is 5.75 Å². The Labute approximate surface area is 138 Å². The van der Waals surface area contributed by atoms with Crippen molar-refractivity contribution >= 4 is 17.3 Å². The molecule has 1 aromatic carbocycles. The zero-order chi connectivity index (χ0) is 16.7. The van der Waals surface area contributed by atoms with Gasteiger partial charge in [0, 0.05) is 11.4 Å². The number of hydrazone groups is 1. The molecule has 2 N–H and O–H groups in total. The average molecular weight is 317 g/mol. The molecule has 1 saturated carbocycles. The van der Waals surface area contributed by atoms with E-state index in [0.29, 0.717) is 12.5 Å². The van der Waals surface area contributed by atoms with Crippen LogP contribution in [0.2, 0.25) is 0 Å². The van der Waals surface area contributed by atoms with Crippen LogP contribution in [0.4, 0.5) is 5.69 Å². The highest BCUT2D eigenvalue weighted by molar-refractivity contribution is 5.90.